The summed E-state index contributed by atoms with van der Waals surface area (Å²) in [7, 11) is -1.96. The fourth-order valence-electron chi connectivity index (χ4n) is 3.28. The fourth-order valence-corrected chi connectivity index (χ4v) is 5.11. The summed E-state index contributed by atoms with van der Waals surface area (Å²) in [5, 5.41) is 4.59. The van der Waals surface area contributed by atoms with Gasteiger partial charge in [0.25, 0.3) is 0 Å². The molecular formula is C22H24BrN3O3S. The molecule has 0 N–H and O–H groups in total. The van der Waals surface area contributed by atoms with E-state index in [0.29, 0.717) is 12.1 Å². The van der Waals surface area contributed by atoms with Gasteiger partial charge in [-0.25, -0.2) is 13.1 Å². The van der Waals surface area contributed by atoms with E-state index in [0.717, 1.165) is 27.1 Å². The number of halogens is 1. The number of carbonyl (C=O) groups excluding carboxylic acids is 1. The van der Waals surface area contributed by atoms with Gasteiger partial charge in [0.15, 0.2) is 9.84 Å². The maximum atomic E-state index is 12.6. The van der Waals surface area contributed by atoms with Crippen LogP contribution in [-0.4, -0.2) is 41.8 Å². The van der Waals surface area contributed by atoms with Gasteiger partial charge in [0.1, 0.15) is 5.75 Å². The maximum Gasteiger partial charge on any atom is 0.237 e. The van der Waals surface area contributed by atoms with Crippen molar-refractivity contribution < 1.29 is 13.2 Å². The summed E-state index contributed by atoms with van der Waals surface area (Å²) in [5.74, 6) is -1.13. The fraction of sp³-hybridized carbons (Fsp3) is 0.273. The summed E-state index contributed by atoms with van der Waals surface area (Å²) in [4.78, 5) is 14.1. The van der Waals surface area contributed by atoms with Crippen LogP contribution in [0.25, 0.3) is 5.69 Å². The van der Waals surface area contributed by atoms with E-state index in [9.17, 15) is 13.2 Å². The van der Waals surface area contributed by atoms with Crippen LogP contribution in [0.5, 0.6) is 0 Å². The van der Waals surface area contributed by atoms with Crippen LogP contribution in [0.1, 0.15) is 22.5 Å². The van der Waals surface area contributed by atoms with Gasteiger partial charge in [-0.1, -0.05) is 46.3 Å². The Morgan fingerprint density at radius 2 is 1.80 bits per heavy atom. The van der Waals surface area contributed by atoms with E-state index in [2.05, 4.69) is 21.0 Å². The van der Waals surface area contributed by atoms with Crippen molar-refractivity contribution in [2.45, 2.75) is 26.1 Å². The smallest absolute Gasteiger partial charge is 0.237 e. The van der Waals surface area contributed by atoms with E-state index < -0.39 is 21.5 Å². The van der Waals surface area contributed by atoms with E-state index in [-0.39, 0.29) is 5.75 Å². The first-order chi connectivity index (χ1) is 14.2. The van der Waals surface area contributed by atoms with Crippen molar-refractivity contribution in [2.75, 3.05) is 12.8 Å². The van der Waals surface area contributed by atoms with Gasteiger partial charge in [0.2, 0.25) is 5.91 Å². The van der Waals surface area contributed by atoms with Crippen molar-refractivity contribution in [2.24, 2.45) is 0 Å². The molecule has 3 aromatic rings. The summed E-state index contributed by atoms with van der Waals surface area (Å²) in [6, 6.07) is 16.8. The van der Waals surface area contributed by atoms with E-state index >= 15 is 0 Å². The van der Waals surface area contributed by atoms with Crippen molar-refractivity contribution in [3.63, 3.8) is 0 Å². The van der Waals surface area contributed by atoms with Crippen LogP contribution in [0.4, 0.5) is 0 Å². The Hall–Kier alpha value is -2.45. The van der Waals surface area contributed by atoms with Crippen LogP contribution in [0, 0.1) is 13.8 Å². The minimum atomic E-state index is -3.58. The lowest BCUT2D eigenvalue weighted by Crippen LogP contribution is -2.32. The zero-order valence-corrected chi connectivity index (χ0v) is 19.6. The number of sulfone groups is 1. The van der Waals surface area contributed by atoms with Crippen LogP contribution in [-0.2, 0) is 26.9 Å². The molecule has 30 heavy (non-hydrogen) atoms. The molecule has 0 saturated heterocycles. The van der Waals surface area contributed by atoms with Gasteiger partial charge in [-0.2, -0.15) is 5.10 Å². The summed E-state index contributed by atoms with van der Waals surface area (Å²) < 4.78 is 27.7. The lowest BCUT2D eigenvalue weighted by molar-refractivity contribution is -0.127. The van der Waals surface area contributed by atoms with Crippen molar-refractivity contribution in [1.29, 1.82) is 0 Å². The molecule has 0 spiro atoms. The normalized spacial score (nSPS) is 11.5. The largest absolute Gasteiger partial charge is 0.340 e. The Kier molecular flexibility index (Phi) is 6.77. The summed E-state index contributed by atoms with van der Waals surface area (Å²) in [6.07, 6.45) is 0. The molecule has 158 valence electrons. The topological polar surface area (TPSA) is 72.3 Å². The Labute approximate surface area is 185 Å². The van der Waals surface area contributed by atoms with E-state index in [1.165, 1.54) is 4.90 Å². The number of aryl methyl sites for hydroxylation is 1. The second kappa shape index (κ2) is 9.14. The molecular weight excluding hydrogens is 466 g/mol. The highest BCUT2D eigenvalue weighted by molar-refractivity contribution is 9.10. The zero-order valence-electron chi connectivity index (χ0n) is 17.2. The quantitative estimate of drug-likeness (QED) is 0.505. The molecule has 0 saturated carbocycles. The number of amides is 1. The lowest BCUT2D eigenvalue weighted by atomic mass is 10.2. The molecule has 0 bridgehead atoms. The van der Waals surface area contributed by atoms with Gasteiger partial charge < -0.3 is 4.90 Å². The van der Waals surface area contributed by atoms with Crippen molar-refractivity contribution in [3.8, 4) is 5.69 Å². The van der Waals surface area contributed by atoms with Gasteiger partial charge in [-0.15, -0.1) is 0 Å². The predicted octanol–water partition coefficient (Wildman–Crippen LogP) is 3.83. The third-order valence-corrected chi connectivity index (χ3v) is 6.84. The van der Waals surface area contributed by atoms with Crippen molar-refractivity contribution in [1.82, 2.24) is 14.7 Å². The van der Waals surface area contributed by atoms with Crippen LogP contribution in [0.3, 0.4) is 0 Å². The third kappa shape index (κ3) is 5.37. The number of para-hydroxylation sites is 1. The Morgan fingerprint density at radius 3 is 2.47 bits per heavy atom. The second-order valence-electron chi connectivity index (χ2n) is 7.31. The number of rotatable bonds is 7. The van der Waals surface area contributed by atoms with Gasteiger partial charge in [-0.05, 0) is 43.7 Å². The Balaban J connectivity index is 1.71. The van der Waals surface area contributed by atoms with Crippen LogP contribution in [0.15, 0.2) is 59.1 Å². The molecule has 8 heteroatoms. The SMILES string of the molecule is Cc1nn(-c2ccccc2)c(C)c1CN(C)C(=O)CS(=O)(=O)Cc1cccc(Br)c1. The molecule has 0 aliphatic heterocycles. The van der Waals surface area contributed by atoms with Gasteiger partial charge >= 0.3 is 0 Å². The first-order valence-corrected chi connectivity index (χ1v) is 12.1. The molecule has 1 heterocycles. The van der Waals surface area contributed by atoms with E-state index in [1.54, 1.807) is 25.2 Å². The molecule has 6 nitrogen and oxygen atoms in total. The summed E-state index contributed by atoms with van der Waals surface area (Å²) in [5.41, 5.74) is 4.24. The average molecular weight is 490 g/mol. The minimum Gasteiger partial charge on any atom is -0.340 e. The first kappa shape index (κ1) is 22.2. The zero-order chi connectivity index (χ0) is 21.9. The highest BCUT2D eigenvalue weighted by Gasteiger charge is 2.22. The molecule has 1 aromatic heterocycles. The minimum absolute atomic E-state index is 0.171. The molecule has 0 atom stereocenters. The molecule has 3 rings (SSSR count). The van der Waals surface area contributed by atoms with Crippen LogP contribution in [0.2, 0.25) is 0 Å². The maximum absolute atomic E-state index is 12.6. The second-order valence-corrected chi connectivity index (χ2v) is 10.3. The Bertz CT molecular complexity index is 1160. The molecule has 0 aliphatic carbocycles. The highest BCUT2D eigenvalue weighted by atomic mass is 79.9. The molecule has 2 aromatic carbocycles. The first-order valence-electron chi connectivity index (χ1n) is 9.45. The van der Waals surface area contributed by atoms with Crippen molar-refractivity contribution >= 4 is 31.7 Å². The predicted molar refractivity (Wildman–Crippen MR) is 121 cm³/mol. The summed E-state index contributed by atoms with van der Waals surface area (Å²) >= 11 is 3.34. The van der Waals surface area contributed by atoms with E-state index in [1.807, 2.05) is 54.9 Å². The number of benzene rings is 2. The molecule has 0 aliphatic rings. The van der Waals surface area contributed by atoms with Crippen LogP contribution >= 0.6 is 15.9 Å². The number of hydrogen-bond donors (Lipinski definition) is 0. The number of aromatic nitrogens is 2. The third-order valence-electron chi connectivity index (χ3n) is 4.88. The van der Waals surface area contributed by atoms with Gasteiger partial charge in [0, 0.05) is 29.3 Å². The monoisotopic (exact) mass is 489 g/mol. The molecule has 0 radical (unpaired) electrons. The standard InChI is InChI=1S/C22H24BrN3O3S/c1-16-21(17(2)26(24-16)20-10-5-4-6-11-20)13-25(3)22(27)15-30(28,29)14-18-8-7-9-19(23)12-18/h4-12H,13-15H2,1-3H3. The molecule has 0 unspecified atom stereocenters. The lowest BCUT2D eigenvalue weighted by Gasteiger charge is -2.18. The highest BCUT2D eigenvalue weighted by Crippen LogP contribution is 2.20. The summed E-state index contributed by atoms with van der Waals surface area (Å²) in [6.45, 7) is 4.14. The number of nitrogens with zero attached hydrogens (tertiary/aromatic N) is 3. The average Bonchev–Trinajstić information content (AvgIpc) is 2.96. The van der Waals surface area contributed by atoms with Crippen molar-refractivity contribution in [3.05, 3.63) is 81.6 Å². The number of hydrogen-bond acceptors (Lipinski definition) is 4. The van der Waals surface area contributed by atoms with Crippen LogP contribution < -0.4 is 0 Å². The molecule has 0 fully saturated rings. The van der Waals surface area contributed by atoms with Gasteiger partial charge in [-0.3, -0.25) is 4.79 Å². The van der Waals surface area contributed by atoms with E-state index in [4.69, 9.17) is 0 Å². The number of carbonyl (C=O) groups is 1. The molecule has 1 amide bonds. The van der Waals surface area contributed by atoms with Gasteiger partial charge in [0.05, 0.1) is 17.1 Å². The Morgan fingerprint density at radius 1 is 1.10 bits per heavy atom.